The summed E-state index contributed by atoms with van der Waals surface area (Å²) in [5, 5.41) is 0.381. The summed E-state index contributed by atoms with van der Waals surface area (Å²) in [4.78, 5) is 26.0. The molecule has 0 unspecified atom stereocenters. The van der Waals surface area contributed by atoms with Gasteiger partial charge in [0, 0.05) is 12.6 Å². The first-order valence-electron chi connectivity index (χ1n) is 7.54. The molecule has 1 heterocycles. The number of ether oxygens (including phenoxy) is 1. The van der Waals surface area contributed by atoms with Crippen molar-refractivity contribution in [1.82, 2.24) is 4.90 Å². The van der Waals surface area contributed by atoms with E-state index in [2.05, 4.69) is 6.92 Å². The fourth-order valence-corrected chi connectivity index (χ4v) is 2.84. The zero-order valence-electron chi connectivity index (χ0n) is 12.7. The summed E-state index contributed by atoms with van der Waals surface area (Å²) in [5.74, 6) is -0.705. The molecule has 1 amide bonds. The van der Waals surface area contributed by atoms with Gasteiger partial charge in [0.2, 0.25) is 0 Å². The molecule has 1 aliphatic rings. The van der Waals surface area contributed by atoms with Crippen LogP contribution in [0.4, 0.5) is 5.69 Å². The highest BCUT2D eigenvalue weighted by atomic mass is 35.5. The van der Waals surface area contributed by atoms with Gasteiger partial charge in [0.1, 0.15) is 0 Å². The second-order valence-corrected chi connectivity index (χ2v) is 5.86. The van der Waals surface area contributed by atoms with E-state index in [-0.39, 0.29) is 18.6 Å². The number of rotatable bonds is 4. The van der Waals surface area contributed by atoms with Crippen molar-refractivity contribution in [1.29, 1.82) is 0 Å². The standard InChI is InChI=1S/C16H21ClN2O3/c1-2-12-5-3-4-8-19(12)15(20)10-22-16(21)11-6-7-13(17)14(18)9-11/h6-7,9,12H,2-5,8,10,18H2,1H3/t12-/m0/s1. The molecule has 1 aromatic rings. The van der Waals surface area contributed by atoms with Gasteiger partial charge in [-0.1, -0.05) is 18.5 Å². The van der Waals surface area contributed by atoms with E-state index in [0.717, 1.165) is 32.2 Å². The van der Waals surface area contributed by atoms with Crippen molar-refractivity contribution in [3.8, 4) is 0 Å². The number of piperidine rings is 1. The highest BCUT2D eigenvalue weighted by Gasteiger charge is 2.26. The molecule has 0 saturated carbocycles. The van der Waals surface area contributed by atoms with Crippen molar-refractivity contribution in [3.63, 3.8) is 0 Å². The van der Waals surface area contributed by atoms with Crippen LogP contribution in [0.2, 0.25) is 5.02 Å². The Balaban J connectivity index is 1.92. The van der Waals surface area contributed by atoms with E-state index in [0.29, 0.717) is 16.3 Å². The van der Waals surface area contributed by atoms with Gasteiger partial charge in [-0.05, 0) is 43.9 Å². The lowest BCUT2D eigenvalue weighted by atomic mass is 10.00. The van der Waals surface area contributed by atoms with E-state index >= 15 is 0 Å². The summed E-state index contributed by atoms with van der Waals surface area (Å²) in [5.41, 5.74) is 6.25. The number of nitrogen functional groups attached to an aromatic ring is 1. The highest BCUT2D eigenvalue weighted by molar-refractivity contribution is 6.33. The summed E-state index contributed by atoms with van der Waals surface area (Å²) in [6.45, 7) is 2.57. The van der Waals surface area contributed by atoms with Gasteiger partial charge in [-0.3, -0.25) is 4.79 Å². The molecule has 2 rings (SSSR count). The Morgan fingerprint density at radius 2 is 2.18 bits per heavy atom. The molecular formula is C16H21ClN2O3. The van der Waals surface area contributed by atoms with Gasteiger partial charge in [-0.25, -0.2) is 4.79 Å². The lowest BCUT2D eigenvalue weighted by Crippen LogP contribution is -2.45. The smallest absolute Gasteiger partial charge is 0.338 e. The first-order valence-corrected chi connectivity index (χ1v) is 7.92. The van der Waals surface area contributed by atoms with E-state index in [4.69, 9.17) is 22.1 Å². The first-order chi connectivity index (χ1) is 10.5. The number of hydrogen-bond donors (Lipinski definition) is 1. The van der Waals surface area contributed by atoms with Gasteiger partial charge in [0.05, 0.1) is 16.3 Å². The van der Waals surface area contributed by atoms with Crippen LogP contribution in [0.3, 0.4) is 0 Å². The molecule has 1 aliphatic heterocycles. The normalized spacial score (nSPS) is 18.1. The molecule has 0 aromatic heterocycles. The van der Waals surface area contributed by atoms with E-state index in [9.17, 15) is 9.59 Å². The van der Waals surface area contributed by atoms with Crippen LogP contribution in [0, 0.1) is 0 Å². The van der Waals surface area contributed by atoms with Crippen LogP contribution in [0.1, 0.15) is 43.0 Å². The van der Waals surface area contributed by atoms with Crippen molar-refractivity contribution in [2.75, 3.05) is 18.9 Å². The summed E-state index contributed by atoms with van der Waals surface area (Å²) >= 11 is 5.81. The Morgan fingerprint density at radius 1 is 1.41 bits per heavy atom. The molecule has 0 aliphatic carbocycles. The number of esters is 1. The van der Waals surface area contributed by atoms with Crippen molar-refractivity contribution in [2.24, 2.45) is 0 Å². The van der Waals surface area contributed by atoms with E-state index in [1.54, 1.807) is 0 Å². The van der Waals surface area contributed by atoms with Crippen LogP contribution in [-0.2, 0) is 9.53 Å². The Hall–Kier alpha value is -1.75. The summed E-state index contributed by atoms with van der Waals surface area (Å²) in [6.07, 6.45) is 4.09. The molecule has 0 radical (unpaired) electrons. The number of anilines is 1. The molecule has 0 spiro atoms. The molecule has 5 nitrogen and oxygen atoms in total. The average Bonchev–Trinajstić information content (AvgIpc) is 2.54. The van der Waals surface area contributed by atoms with Gasteiger partial charge in [0.25, 0.3) is 5.91 Å². The molecular weight excluding hydrogens is 304 g/mol. The largest absolute Gasteiger partial charge is 0.452 e. The fourth-order valence-electron chi connectivity index (χ4n) is 2.72. The van der Waals surface area contributed by atoms with E-state index < -0.39 is 5.97 Å². The number of halogens is 1. The summed E-state index contributed by atoms with van der Waals surface area (Å²) in [6, 6.07) is 4.77. The van der Waals surface area contributed by atoms with Crippen LogP contribution in [0.5, 0.6) is 0 Å². The molecule has 22 heavy (non-hydrogen) atoms. The summed E-state index contributed by atoms with van der Waals surface area (Å²) in [7, 11) is 0. The molecule has 2 N–H and O–H groups in total. The minimum absolute atomic E-state index is 0.137. The summed E-state index contributed by atoms with van der Waals surface area (Å²) < 4.78 is 5.10. The van der Waals surface area contributed by atoms with Crippen molar-refractivity contribution >= 4 is 29.2 Å². The second kappa shape index (κ2) is 7.49. The Kier molecular flexibility index (Phi) is 5.66. The number of likely N-dealkylation sites (tertiary alicyclic amines) is 1. The van der Waals surface area contributed by atoms with Crippen molar-refractivity contribution in [3.05, 3.63) is 28.8 Å². The molecule has 1 fully saturated rings. The van der Waals surface area contributed by atoms with E-state index in [1.165, 1.54) is 18.2 Å². The number of benzene rings is 1. The molecule has 1 aromatic carbocycles. The van der Waals surface area contributed by atoms with Gasteiger partial charge in [-0.15, -0.1) is 0 Å². The van der Waals surface area contributed by atoms with E-state index in [1.807, 2.05) is 4.90 Å². The molecule has 1 atom stereocenters. The maximum atomic E-state index is 12.2. The third-order valence-corrected chi connectivity index (χ3v) is 4.32. The number of nitrogens with zero attached hydrogens (tertiary/aromatic N) is 1. The minimum Gasteiger partial charge on any atom is -0.452 e. The van der Waals surface area contributed by atoms with Crippen LogP contribution in [-0.4, -0.2) is 36.0 Å². The average molecular weight is 325 g/mol. The predicted molar refractivity (Wildman–Crippen MR) is 85.8 cm³/mol. The van der Waals surface area contributed by atoms with Crippen molar-refractivity contribution in [2.45, 2.75) is 38.6 Å². The van der Waals surface area contributed by atoms with Crippen LogP contribution >= 0.6 is 11.6 Å². The number of hydrogen-bond acceptors (Lipinski definition) is 4. The monoisotopic (exact) mass is 324 g/mol. The third kappa shape index (κ3) is 3.91. The maximum absolute atomic E-state index is 12.2. The zero-order chi connectivity index (χ0) is 16.1. The molecule has 120 valence electrons. The molecule has 6 heteroatoms. The number of carbonyl (C=O) groups is 2. The fraction of sp³-hybridized carbons (Fsp3) is 0.500. The maximum Gasteiger partial charge on any atom is 0.338 e. The molecule has 0 bridgehead atoms. The predicted octanol–water partition coefficient (Wildman–Crippen LogP) is 2.87. The minimum atomic E-state index is -0.568. The van der Waals surface area contributed by atoms with Gasteiger partial charge >= 0.3 is 5.97 Å². The second-order valence-electron chi connectivity index (χ2n) is 5.46. The van der Waals surface area contributed by atoms with Crippen LogP contribution in [0.15, 0.2) is 18.2 Å². The Morgan fingerprint density at radius 3 is 2.86 bits per heavy atom. The highest BCUT2D eigenvalue weighted by Crippen LogP contribution is 2.21. The quantitative estimate of drug-likeness (QED) is 0.682. The zero-order valence-corrected chi connectivity index (χ0v) is 13.4. The van der Waals surface area contributed by atoms with Gasteiger partial charge < -0.3 is 15.4 Å². The number of nitrogens with two attached hydrogens (primary N) is 1. The topological polar surface area (TPSA) is 72.6 Å². The van der Waals surface area contributed by atoms with Crippen LogP contribution < -0.4 is 5.73 Å². The SMILES string of the molecule is CC[C@H]1CCCCN1C(=O)COC(=O)c1ccc(Cl)c(N)c1. The van der Waals surface area contributed by atoms with Gasteiger partial charge in [0.15, 0.2) is 6.61 Å². The Labute approximate surface area is 135 Å². The first kappa shape index (κ1) is 16.6. The third-order valence-electron chi connectivity index (χ3n) is 3.98. The number of carbonyl (C=O) groups excluding carboxylic acids is 2. The van der Waals surface area contributed by atoms with Crippen LogP contribution in [0.25, 0.3) is 0 Å². The lowest BCUT2D eigenvalue weighted by Gasteiger charge is -2.35. The Bertz CT molecular complexity index is 562. The van der Waals surface area contributed by atoms with Crippen molar-refractivity contribution < 1.29 is 14.3 Å². The lowest BCUT2D eigenvalue weighted by molar-refractivity contribution is -0.138. The van der Waals surface area contributed by atoms with Gasteiger partial charge in [-0.2, -0.15) is 0 Å². The number of amides is 1. The molecule has 1 saturated heterocycles.